The molecular formula is C15H22N4O3. The second-order valence-electron chi connectivity index (χ2n) is 4.94. The minimum Gasteiger partial charge on any atom is -0.395 e. The molecule has 7 nitrogen and oxygen atoms in total. The quantitative estimate of drug-likeness (QED) is 0.752. The van der Waals surface area contributed by atoms with Crippen LogP contribution >= 0.6 is 0 Å². The summed E-state index contributed by atoms with van der Waals surface area (Å²) >= 11 is 0. The van der Waals surface area contributed by atoms with Gasteiger partial charge in [0.25, 0.3) is 0 Å². The smallest absolute Gasteiger partial charge is 0.240 e. The molecule has 1 atom stereocenters. The van der Waals surface area contributed by atoms with E-state index < -0.39 is 0 Å². The van der Waals surface area contributed by atoms with Crippen molar-refractivity contribution in [2.75, 3.05) is 19.8 Å². The van der Waals surface area contributed by atoms with Crippen LogP contribution in [0.3, 0.4) is 0 Å². The van der Waals surface area contributed by atoms with Gasteiger partial charge in [-0.3, -0.25) is 9.88 Å². The van der Waals surface area contributed by atoms with Crippen LogP contribution in [0.2, 0.25) is 0 Å². The van der Waals surface area contributed by atoms with Crippen molar-refractivity contribution in [2.45, 2.75) is 33.0 Å². The van der Waals surface area contributed by atoms with Crippen molar-refractivity contribution in [1.29, 1.82) is 0 Å². The minimum absolute atomic E-state index is 0.0661. The molecule has 0 amide bonds. The van der Waals surface area contributed by atoms with Crippen molar-refractivity contribution in [3.05, 3.63) is 41.8 Å². The van der Waals surface area contributed by atoms with Crippen LogP contribution in [0.25, 0.3) is 0 Å². The van der Waals surface area contributed by atoms with E-state index in [1.807, 2.05) is 30.9 Å². The molecule has 0 fully saturated rings. The summed E-state index contributed by atoms with van der Waals surface area (Å²) in [5, 5.41) is 13.2. The van der Waals surface area contributed by atoms with Crippen molar-refractivity contribution < 1.29 is 14.4 Å². The monoisotopic (exact) mass is 306 g/mol. The van der Waals surface area contributed by atoms with E-state index >= 15 is 0 Å². The molecule has 0 aliphatic rings. The Kier molecular flexibility index (Phi) is 6.45. The molecule has 2 aromatic rings. The number of aliphatic hydroxyl groups excluding tert-OH is 1. The highest BCUT2D eigenvalue weighted by atomic mass is 16.5. The molecule has 0 saturated heterocycles. The highest BCUT2D eigenvalue weighted by Crippen LogP contribution is 2.14. The van der Waals surface area contributed by atoms with Crippen molar-refractivity contribution in [1.82, 2.24) is 20.0 Å². The third-order valence-corrected chi connectivity index (χ3v) is 3.17. The van der Waals surface area contributed by atoms with Crippen LogP contribution in [0.4, 0.5) is 0 Å². The van der Waals surface area contributed by atoms with Crippen LogP contribution in [-0.2, 0) is 17.8 Å². The first-order chi connectivity index (χ1) is 10.7. The number of hydrogen-bond donors (Lipinski definition) is 1. The summed E-state index contributed by atoms with van der Waals surface area (Å²) in [6.45, 7) is 6.13. The van der Waals surface area contributed by atoms with Crippen molar-refractivity contribution >= 4 is 0 Å². The van der Waals surface area contributed by atoms with E-state index in [1.165, 1.54) is 0 Å². The number of aliphatic hydroxyl groups is 1. The summed E-state index contributed by atoms with van der Waals surface area (Å²) in [6.07, 6.45) is 3.35. The van der Waals surface area contributed by atoms with Gasteiger partial charge in [0.05, 0.1) is 13.2 Å². The van der Waals surface area contributed by atoms with Gasteiger partial charge in [-0.2, -0.15) is 4.98 Å². The van der Waals surface area contributed by atoms with E-state index in [9.17, 15) is 5.11 Å². The van der Waals surface area contributed by atoms with Crippen molar-refractivity contribution in [2.24, 2.45) is 0 Å². The Hall–Kier alpha value is -1.83. The molecule has 0 radical (unpaired) electrons. The fourth-order valence-electron chi connectivity index (χ4n) is 2.12. The summed E-state index contributed by atoms with van der Waals surface area (Å²) in [5.41, 5.74) is 1.07. The molecule has 2 aromatic heterocycles. The lowest BCUT2D eigenvalue weighted by Gasteiger charge is -2.18. The first-order valence-corrected chi connectivity index (χ1v) is 7.39. The van der Waals surface area contributed by atoms with E-state index in [2.05, 4.69) is 15.1 Å². The number of aromatic nitrogens is 3. The van der Waals surface area contributed by atoms with E-state index in [0.717, 1.165) is 5.56 Å². The van der Waals surface area contributed by atoms with Crippen LogP contribution in [0, 0.1) is 0 Å². The van der Waals surface area contributed by atoms with Crippen LogP contribution in [0.5, 0.6) is 0 Å². The molecular weight excluding hydrogens is 284 g/mol. The van der Waals surface area contributed by atoms with Crippen LogP contribution in [-0.4, -0.2) is 44.9 Å². The molecule has 0 bridgehead atoms. The molecule has 7 heteroatoms. The zero-order chi connectivity index (χ0) is 15.8. The fraction of sp³-hybridized carbons (Fsp3) is 0.533. The third-order valence-electron chi connectivity index (χ3n) is 3.17. The number of pyridine rings is 1. The van der Waals surface area contributed by atoms with Gasteiger partial charge >= 0.3 is 0 Å². The Morgan fingerprint density at radius 2 is 2.27 bits per heavy atom. The van der Waals surface area contributed by atoms with E-state index in [-0.39, 0.29) is 12.7 Å². The van der Waals surface area contributed by atoms with E-state index in [4.69, 9.17) is 9.26 Å². The lowest BCUT2D eigenvalue weighted by Crippen LogP contribution is -2.26. The highest BCUT2D eigenvalue weighted by Gasteiger charge is 2.16. The molecule has 0 spiro atoms. The van der Waals surface area contributed by atoms with Gasteiger partial charge in [-0.1, -0.05) is 11.2 Å². The van der Waals surface area contributed by atoms with Gasteiger partial charge < -0.3 is 14.4 Å². The van der Waals surface area contributed by atoms with Gasteiger partial charge in [-0.25, -0.2) is 0 Å². The normalized spacial score (nSPS) is 12.7. The van der Waals surface area contributed by atoms with E-state index in [1.54, 1.807) is 12.4 Å². The second-order valence-corrected chi connectivity index (χ2v) is 4.94. The average molecular weight is 306 g/mol. The Bertz CT molecular complexity index is 547. The van der Waals surface area contributed by atoms with Gasteiger partial charge in [0.1, 0.15) is 6.10 Å². The largest absolute Gasteiger partial charge is 0.395 e. The summed E-state index contributed by atoms with van der Waals surface area (Å²) in [6, 6.07) is 3.88. The number of hydrogen-bond acceptors (Lipinski definition) is 7. The predicted octanol–water partition coefficient (Wildman–Crippen LogP) is 1.56. The minimum atomic E-state index is -0.188. The molecule has 1 N–H and O–H groups in total. The highest BCUT2D eigenvalue weighted by molar-refractivity contribution is 5.08. The van der Waals surface area contributed by atoms with Crippen LogP contribution in [0.15, 0.2) is 29.0 Å². The maximum Gasteiger partial charge on any atom is 0.240 e. The molecule has 1 unspecified atom stereocenters. The van der Waals surface area contributed by atoms with Gasteiger partial charge in [-0.05, 0) is 25.5 Å². The Morgan fingerprint density at radius 3 is 2.95 bits per heavy atom. The fourth-order valence-corrected chi connectivity index (χ4v) is 2.12. The molecule has 2 rings (SSSR count). The summed E-state index contributed by atoms with van der Waals surface area (Å²) in [5.74, 6) is 1.06. The number of ether oxygens (including phenoxy) is 1. The molecule has 120 valence electrons. The van der Waals surface area contributed by atoms with Crippen molar-refractivity contribution in [3.8, 4) is 0 Å². The molecule has 22 heavy (non-hydrogen) atoms. The zero-order valence-corrected chi connectivity index (χ0v) is 13.0. The maximum atomic E-state index is 9.21. The topological polar surface area (TPSA) is 84.5 Å². The average Bonchev–Trinajstić information content (AvgIpc) is 2.97. The van der Waals surface area contributed by atoms with Gasteiger partial charge in [0, 0.05) is 32.1 Å². The second kappa shape index (κ2) is 8.57. The van der Waals surface area contributed by atoms with Gasteiger partial charge in [0.15, 0.2) is 5.82 Å². The molecule has 2 heterocycles. The maximum absolute atomic E-state index is 9.21. The SMILES string of the molecule is CCOC(C)c1noc(CN(CCO)Cc2cccnc2)n1. The van der Waals surface area contributed by atoms with E-state index in [0.29, 0.717) is 38.0 Å². The van der Waals surface area contributed by atoms with Gasteiger partial charge in [-0.15, -0.1) is 0 Å². The van der Waals surface area contributed by atoms with Crippen LogP contribution < -0.4 is 0 Å². The molecule has 0 aromatic carbocycles. The Morgan fingerprint density at radius 1 is 1.41 bits per heavy atom. The Balaban J connectivity index is 1.98. The lowest BCUT2D eigenvalue weighted by molar-refractivity contribution is 0.0683. The van der Waals surface area contributed by atoms with Crippen molar-refractivity contribution in [3.63, 3.8) is 0 Å². The summed E-state index contributed by atoms with van der Waals surface area (Å²) in [4.78, 5) is 10.5. The summed E-state index contributed by atoms with van der Waals surface area (Å²) < 4.78 is 10.7. The standard InChI is InChI=1S/C15H22N4O3/c1-3-21-12(2)15-17-14(22-18-15)11-19(7-8-20)10-13-5-4-6-16-9-13/h4-6,9,12,20H,3,7-8,10-11H2,1-2H3. The number of rotatable bonds is 9. The number of nitrogens with zero attached hydrogens (tertiary/aromatic N) is 4. The molecule has 0 aliphatic heterocycles. The zero-order valence-electron chi connectivity index (χ0n) is 13.0. The lowest BCUT2D eigenvalue weighted by atomic mass is 10.2. The van der Waals surface area contributed by atoms with Gasteiger partial charge in [0.2, 0.25) is 5.89 Å². The summed E-state index contributed by atoms with van der Waals surface area (Å²) in [7, 11) is 0. The molecule has 0 saturated carbocycles. The Labute approximate surface area is 129 Å². The van der Waals surface area contributed by atoms with Crippen LogP contribution in [0.1, 0.15) is 37.2 Å². The molecule has 0 aliphatic carbocycles. The first-order valence-electron chi connectivity index (χ1n) is 7.39. The first kappa shape index (κ1) is 16.5. The predicted molar refractivity (Wildman–Crippen MR) is 79.8 cm³/mol. The third kappa shape index (κ3) is 4.87.